The van der Waals surface area contributed by atoms with Crippen LogP contribution in [0.25, 0.3) is 11.6 Å². The summed E-state index contributed by atoms with van der Waals surface area (Å²) in [5, 5.41) is 7.46. The highest BCUT2D eigenvalue weighted by Crippen LogP contribution is 2.35. The zero-order chi connectivity index (χ0) is 21.1. The Morgan fingerprint density at radius 1 is 1.23 bits per heavy atom. The van der Waals surface area contributed by atoms with Crippen molar-refractivity contribution >= 4 is 16.0 Å². The van der Waals surface area contributed by atoms with Gasteiger partial charge in [-0.05, 0) is 31.9 Å². The summed E-state index contributed by atoms with van der Waals surface area (Å²) in [7, 11) is -3.82. The van der Waals surface area contributed by atoms with E-state index in [4.69, 9.17) is 4.42 Å². The third kappa shape index (κ3) is 4.35. The van der Waals surface area contributed by atoms with Crippen LogP contribution in [0.2, 0.25) is 0 Å². The number of furan rings is 1. The minimum Gasteiger partial charge on any atom is -0.461 e. The molecule has 0 unspecified atom stereocenters. The molecule has 0 amide bonds. The number of nitrogens with zero attached hydrogens (tertiary/aromatic N) is 5. The predicted octanol–water partition coefficient (Wildman–Crippen LogP) is 3.35. The van der Waals surface area contributed by atoms with Crippen LogP contribution in [0.3, 0.4) is 0 Å². The molecule has 1 aliphatic carbocycles. The summed E-state index contributed by atoms with van der Waals surface area (Å²) in [5.74, 6) is 0.878. The molecule has 30 heavy (non-hydrogen) atoms. The van der Waals surface area contributed by atoms with Gasteiger partial charge in [-0.2, -0.15) is 0 Å². The van der Waals surface area contributed by atoms with Crippen molar-refractivity contribution in [3.8, 4) is 11.6 Å². The molecule has 0 saturated heterocycles. The molecule has 1 saturated carbocycles. The molecule has 1 aliphatic rings. The third-order valence-corrected chi connectivity index (χ3v) is 6.98. The zero-order valence-electron chi connectivity index (χ0n) is 16.5. The summed E-state index contributed by atoms with van der Waals surface area (Å²) in [6.45, 7) is 1.55. The van der Waals surface area contributed by atoms with Crippen LogP contribution in [0.5, 0.6) is 0 Å². The lowest BCUT2D eigenvalue weighted by atomic mass is 9.95. The fraction of sp³-hybridized carbons (Fsp3) is 0.474. The predicted molar refractivity (Wildman–Crippen MR) is 108 cm³/mol. The zero-order valence-corrected chi connectivity index (χ0v) is 17.3. The van der Waals surface area contributed by atoms with E-state index in [1.165, 1.54) is 0 Å². The summed E-state index contributed by atoms with van der Waals surface area (Å²) in [6.07, 6.45) is 8.73. The fourth-order valence-electron chi connectivity index (χ4n) is 3.66. The summed E-state index contributed by atoms with van der Waals surface area (Å²) in [4.78, 5) is 7.69. The molecule has 0 spiro atoms. The van der Waals surface area contributed by atoms with Crippen molar-refractivity contribution in [3.63, 3.8) is 0 Å². The van der Waals surface area contributed by atoms with Gasteiger partial charge in [0.1, 0.15) is 5.82 Å². The van der Waals surface area contributed by atoms with Gasteiger partial charge in [0.05, 0.1) is 23.9 Å². The lowest BCUT2D eigenvalue weighted by Crippen LogP contribution is -2.30. The summed E-state index contributed by atoms with van der Waals surface area (Å²) >= 11 is 0. The van der Waals surface area contributed by atoms with E-state index in [9.17, 15) is 12.8 Å². The largest absolute Gasteiger partial charge is 0.461 e. The molecule has 3 aromatic rings. The Morgan fingerprint density at radius 2 is 1.97 bits per heavy atom. The van der Waals surface area contributed by atoms with E-state index in [2.05, 4.69) is 24.9 Å². The molecule has 1 fully saturated rings. The van der Waals surface area contributed by atoms with E-state index < -0.39 is 21.1 Å². The normalized spacial score (nSPS) is 16.5. The molecule has 9 nitrogen and oxygen atoms in total. The number of hydrogen-bond donors (Lipinski definition) is 1. The lowest BCUT2D eigenvalue weighted by molar-refractivity contribution is 0.356. The highest BCUT2D eigenvalue weighted by Gasteiger charge is 2.29. The van der Waals surface area contributed by atoms with Crippen molar-refractivity contribution in [2.45, 2.75) is 56.7 Å². The van der Waals surface area contributed by atoms with Crippen LogP contribution in [0.15, 0.2) is 35.2 Å². The van der Waals surface area contributed by atoms with Gasteiger partial charge < -0.3 is 4.42 Å². The molecular formula is C19H23FN6O3S. The summed E-state index contributed by atoms with van der Waals surface area (Å²) in [5.41, 5.74) is 0. The van der Waals surface area contributed by atoms with Gasteiger partial charge >= 0.3 is 0 Å². The van der Waals surface area contributed by atoms with Gasteiger partial charge in [0.2, 0.25) is 21.8 Å². The monoisotopic (exact) mass is 434 g/mol. The Balaban J connectivity index is 1.60. The number of halogens is 1. The second kappa shape index (κ2) is 8.50. The van der Waals surface area contributed by atoms with Gasteiger partial charge in [-0.25, -0.2) is 22.8 Å². The van der Waals surface area contributed by atoms with Crippen LogP contribution in [-0.4, -0.2) is 38.4 Å². The molecule has 1 N–H and O–H groups in total. The Hall–Kier alpha value is -2.82. The van der Waals surface area contributed by atoms with Crippen LogP contribution >= 0.6 is 0 Å². The number of anilines is 1. The third-order valence-electron chi connectivity index (χ3n) is 5.28. The number of hydrogen-bond acceptors (Lipinski definition) is 7. The number of aromatic nitrogens is 5. The maximum absolute atomic E-state index is 13.0. The average molecular weight is 434 g/mol. The Labute approximate surface area is 173 Å². The molecule has 4 rings (SSSR count). The second-order valence-corrected chi connectivity index (χ2v) is 9.56. The van der Waals surface area contributed by atoms with Crippen molar-refractivity contribution in [3.05, 3.63) is 42.4 Å². The van der Waals surface area contributed by atoms with Crippen LogP contribution in [0, 0.1) is 5.82 Å². The smallest absolute Gasteiger partial charge is 0.238 e. The molecule has 3 aromatic heterocycles. The van der Waals surface area contributed by atoms with Gasteiger partial charge in [-0.3, -0.25) is 9.29 Å². The second-order valence-electron chi connectivity index (χ2n) is 7.47. The standard InChI is InChI=1S/C19H23FN6O3S/c1-13(10-17-21-11-14(20)12-22-17)30(27,28)25-19-24-23-18(16-8-5-9-29-16)26(19)15-6-3-2-4-7-15/h5,8-9,11-13,15H,2-4,6-7,10H2,1H3,(H,24,25)/t13-/m1/s1. The average Bonchev–Trinajstić information content (AvgIpc) is 3.40. The Kier molecular flexibility index (Phi) is 5.80. The molecule has 11 heteroatoms. The first kappa shape index (κ1) is 20.5. The Morgan fingerprint density at radius 3 is 2.63 bits per heavy atom. The van der Waals surface area contributed by atoms with E-state index in [0.29, 0.717) is 11.6 Å². The highest BCUT2D eigenvalue weighted by atomic mass is 32.2. The van der Waals surface area contributed by atoms with Crippen molar-refractivity contribution < 1.29 is 17.2 Å². The van der Waals surface area contributed by atoms with Crippen molar-refractivity contribution in [1.29, 1.82) is 0 Å². The van der Waals surface area contributed by atoms with Crippen LogP contribution < -0.4 is 4.72 Å². The number of nitrogens with one attached hydrogen (secondary N) is 1. The van der Waals surface area contributed by atoms with E-state index in [1.54, 1.807) is 25.3 Å². The number of sulfonamides is 1. The topological polar surface area (TPSA) is 116 Å². The van der Waals surface area contributed by atoms with Crippen molar-refractivity contribution in [2.24, 2.45) is 0 Å². The molecule has 3 heterocycles. The first-order valence-electron chi connectivity index (χ1n) is 9.91. The molecule has 0 aliphatic heterocycles. The van der Waals surface area contributed by atoms with Crippen LogP contribution in [0.4, 0.5) is 10.3 Å². The minimum absolute atomic E-state index is 0.0399. The maximum Gasteiger partial charge on any atom is 0.238 e. The molecule has 0 aromatic carbocycles. The first-order chi connectivity index (χ1) is 14.4. The molecule has 1 atom stereocenters. The lowest BCUT2D eigenvalue weighted by Gasteiger charge is -2.25. The van der Waals surface area contributed by atoms with Crippen LogP contribution in [0.1, 0.15) is 50.9 Å². The van der Waals surface area contributed by atoms with Gasteiger partial charge in [0, 0.05) is 12.5 Å². The maximum atomic E-state index is 13.0. The molecular weight excluding hydrogens is 411 g/mol. The highest BCUT2D eigenvalue weighted by molar-refractivity contribution is 7.93. The van der Waals surface area contributed by atoms with Gasteiger partial charge in [0.15, 0.2) is 11.6 Å². The summed E-state index contributed by atoms with van der Waals surface area (Å²) in [6, 6.07) is 3.61. The van der Waals surface area contributed by atoms with Crippen molar-refractivity contribution in [2.75, 3.05) is 4.72 Å². The van der Waals surface area contributed by atoms with Crippen molar-refractivity contribution in [1.82, 2.24) is 24.7 Å². The summed E-state index contributed by atoms with van der Waals surface area (Å²) < 4.78 is 48.8. The van der Waals surface area contributed by atoms with Gasteiger partial charge in [-0.1, -0.05) is 19.3 Å². The molecule has 0 radical (unpaired) electrons. The first-order valence-corrected chi connectivity index (χ1v) is 11.5. The van der Waals surface area contributed by atoms with E-state index in [0.717, 1.165) is 44.5 Å². The number of rotatable bonds is 7. The van der Waals surface area contributed by atoms with Gasteiger partial charge in [-0.15, -0.1) is 10.2 Å². The molecule has 0 bridgehead atoms. The van der Waals surface area contributed by atoms with Crippen LogP contribution in [-0.2, 0) is 16.4 Å². The van der Waals surface area contributed by atoms with Gasteiger partial charge in [0.25, 0.3) is 0 Å². The van der Waals surface area contributed by atoms with E-state index in [1.807, 2.05) is 4.57 Å². The Bertz CT molecular complexity index is 1080. The van der Waals surface area contributed by atoms with E-state index in [-0.39, 0.29) is 24.2 Å². The SMILES string of the molecule is C[C@H](Cc1ncc(F)cn1)S(=O)(=O)Nc1nnc(-c2ccco2)n1C1CCCCC1. The quantitative estimate of drug-likeness (QED) is 0.606. The molecule has 160 valence electrons. The van der Waals surface area contributed by atoms with E-state index >= 15 is 0 Å². The minimum atomic E-state index is -3.82. The fourth-order valence-corrected chi connectivity index (χ4v) is 4.62.